The molecule has 6 heteroatoms. The Kier molecular flexibility index (Phi) is 8.31. The zero-order valence-electron chi connectivity index (χ0n) is 12.7. The summed E-state index contributed by atoms with van der Waals surface area (Å²) in [6.07, 6.45) is 3.98. The summed E-state index contributed by atoms with van der Waals surface area (Å²) in [4.78, 5) is 12.3. The lowest BCUT2D eigenvalue weighted by Gasteiger charge is -2.16. The number of hydrogen-bond donors (Lipinski definition) is 2. The van der Waals surface area contributed by atoms with Crippen molar-refractivity contribution < 1.29 is 9.53 Å². The van der Waals surface area contributed by atoms with Crippen LogP contribution >= 0.6 is 24.0 Å². The van der Waals surface area contributed by atoms with Crippen molar-refractivity contribution in [1.82, 2.24) is 10.6 Å². The first-order valence-corrected chi connectivity index (χ1v) is 7.67. The summed E-state index contributed by atoms with van der Waals surface area (Å²) in [6, 6.07) is 5.13. The first-order chi connectivity index (χ1) is 10.2. The van der Waals surface area contributed by atoms with E-state index < -0.39 is 0 Å². The van der Waals surface area contributed by atoms with Crippen LogP contribution in [0.4, 0.5) is 0 Å². The maximum Gasteiger partial charge on any atom is 0.255 e. The van der Waals surface area contributed by atoms with E-state index in [9.17, 15) is 4.79 Å². The summed E-state index contributed by atoms with van der Waals surface area (Å²) in [5.41, 5.74) is 1.74. The number of rotatable bonds is 6. The van der Waals surface area contributed by atoms with Crippen LogP contribution in [0.15, 0.2) is 29.8 Å². The summed E-state index contributed by atoms with van der Waals surface area (Å²) in [5, 5.41) is 6.72. The van der Waals surface area contributed by atoms with Crippen molar-refractivity contribution in [2.45, 2.75) is 19.8 Å². The van der Waals surface area contributed by atoms with Gasteiger partial charge in [-0.25, -0.2) is 0 Å². The molecule has 0 bridgehead atoms. The van der Waals surface area contributed by atoms with E-state index in [0.29, 0.717) is 29.5 Å². The topological polar surface area (TPSA) is 50.4 Å². The highest BCUT2D eigenvalue weighted by Crippen LogP contribution is 2.23. The van der Waals surface area contributed by atoms with Gasteiger partial charge in [-0.3, -0.25) is 4.79 Å². The zero-order valence-corrected chi connectivity index (χ0v) is 14.2. The second-order valence-corrected chi connectivity index (χ2v) is 5.42. The molecule has 4 nitrogen and oxygen atoms in total. The number of halogens is 2. The summed E-state index contributed by atoms with van der Waals surface area (Å²) < 4.78 is 5.61. The van der Waals surface area contributed by atoms with Gasteiger partial charge in [-0.15, -0.1) is 12.4 Å². The van der Waals surface area contributed by atoms with Gasteiger partial charge >= 0.3 is 0 Å². The molecule has 0 radical (unpaired) electrons. The normalized spacial score (nSPS) is 13.8. The van der Waals surface area contributed by atoms with Crippen LogP contribution in [0.1, 0.15) is 30.1 Å². The van der Waals surface area contributed by atoms with Crippen LogP contribution in [0, 0.1) is 0 Å². The molecule has 1 aromatic rings. The Balaban J connectivity index is 0.00000242. The fraction of sp³-hybridized carbons (Fsp3) is 0.438. The average molecular weight is 345 g/mol. The summed E-state index contributed by atoms with van der Waals surface area (Å²) in [7, 11) is 0. The molecule has 0 saturated carbocycles. The minimum atomic E-state index is -0.150. The lowest BCUT2D eigenvalue weighted by atomic mass is 10.1. The quantitative estimate of drug-likeness (QED) is 0.779. The molecule has 0 aliphatic carbocycles. The van der Waals surface area contributed by atoms with Gasteiger partial charge in [0.1, 0.15) is 5.75 Å². The van der Waals surface area contributed by atoms with E-state index in [0.717, 1.165) is 25.9 Å². The minimum Gasteiger partial charge on any atom is -0.493 e. The third-order valence-electron chi connectivity index (χ3n) is 3.28. The van der Waals surface area contributed by atoms with Crippen molar-refractivity contribution >= 4 is 29.9 Å². The van der Waals surface area contributed by atoms with Crippen LogP contribution in [0.25, 0.3) is 0 Å². The van der Waals surface area contributed by atoms with E-state index in [-0.39, 0.29) is 18.3 Å². The lowest BCUT2D eigenvalue weighted by molar-refractivity contribution is 0.0952. The second-order valence-electron chi connectivity index (χ2n) is 4.99. The Hall–Kier alpha value is -1.23. The van der Waals surface area contributed by atoms with Gasteiger partial charge in [-0.1, -0.05) is 30.2 Å². The maximum atomic E-state index is 12.3. The van der Waals surface area contributed by atoms with Crippen LogP contribution in [0.5, 0.6) is 5.75 Å². The zero-order chi connectivity index (χ0) is 15.1. The summed E-state index contributed by atoms with van der Waals surface area (Å²) in [5.74, 6) is 0.432. The SMILES string of the molecule is CCCOc1ccc(Cl)cc1C(=O)NCC1=CCNCC1.Cl. The Morgan fingerprint density at radius 1 is 1.45 bits per heavy atom. The van der Waals surface area contributed by atoms with Crippen molar-refractivity contribution in [2.24, 2.45) is 0 Å². The van der Waals surface area contributed by atoms with Crippen LogP contribution in [-0.2, 0) is 0 Å². The molecule has 1 aromatic carbocycles. The molecule has 0 unspecified atom stereocenters. The highest BCUT2D eigenvalue weighted by molar-refractivity contribution is 6.31. The fourth-order valence-corrected chi connectivity index (χ4v) is 2.31. The predicted octanol–water partition coefficient (Wildman–Crippen LogP) is 3.20. The van der Waals surface area contributed by atoms with Gasteiger partial charge in [0.2, 0.25) is 0 Å². The number of carbonyl (C=O) groups is 1. The maximum absolute atomic E-state index is 12.3. The van der Waals surface area contributed by atoms with Crippen molar-refractivity contribution in [3.05, 3.63) is 40.4 Å². The fourth-order valence-electron chi connectivity index (χ4n) is 2.14. The number of ether oxygens (including phenoxy) is 1. The summed E-state index contributed by atoms with van der Waals surface area (Å²) >= 11 is 5.99. The Morgan fingerprint density at radius 3 is 2.95 bits per heavy atom. The molecule has 1 aliphatic rings. The number of hydrogen-bond acceptors (Lipinski definition) is 3. The molecule has 1 amide bonds. The molecule has 0 spiro atoms. The lowest BCUT2D eigenvalue weighted by Crippen LogP contribution is -2.29. The first kappa shape index (κ1) is 18.8. The molecular weight excluding hydrogens is 323 g/mol. The van der Waals surface area contributed by atoms with Crippen molar-refractivity contribution in [3.8, 4) is 5.75 Å². The van der Waals surface area contributed by atoms with Crippen LogP contribution in [-0.4, -0.2) is 32.1 Å². The molecule has 2 N–H and O–H groups in total. The Bertz CT molecular complexity index is 533. The highest BCUT2D eigenvalue weighted by atomic mass is 35.5. The standard InChI is InChI=1S/C16H21ClN2O2.ClH/c1-2-9-21-15-4-3-13(17)10-14(15)16(20)19-11-12-5-7-18-8-6-12;/h3-5,10,18H,2,6-9,11H2,1H3,(H,19,20);1H. The van der Waals surface area contributed by atoms with Crippen molar-refractivity contribution in [1.29, 1.82) is 0 Å². The number of nitrogens with one attached hydrogen (secondary N) is 2. The van der Waals surface area contributed by atoms with E-state index in [1.165, 1.54) is 5.57 Å². The number of carbonyl (C=O) groups excluding carboxylic acids is 1. The van der Waals surface area contributed by atoms with Gasteiger partial charge < -0.3 is 15.4 Å². The molecule has 0 saturated heterocycles. The summed E-state index contributed by atoms with van der Waals surface area (Å²) in [6.45, 7) is 5.01. The molecule has 22 heavy (non-hydrogen) atoms. The van der Waals surface area contributed by atoms with E-state index in [1.807, 2.05) is 6.92 Å². The molecule has 1 aliphatic heterocycles. The number of amides is 1. The van der Waals surface area contributed by atoms with E-state index in [4.69, 9.17) is 16.3 Å². The monoisotopic (exact) mass is 344 g/mol. The van der Waals surface area contributed by atoms with E-state index >= 15 is 0 Å². The van der Waals surface area contributed by atoms with E-state index in [2.05, 4.69) is 16.7 Å². The largest absolute Gasteiger partial charge is 0.493 e. The minimum absolute atomic E-state index is 0. The third kappa shape index (κ3) is 5.52. The van der Waals surface area contributed by atoms with Crippen molar-refractivity contribution in [3.63, 3.8) is 0 Å². The Morgan fingerprint density at radius 2 is 2.27 bits per heavy atom. The third-order valence-corrected chi connectivity index (χ3v) is 3.52. The predicted molar refractivity (Wildman–Crippen MR) is 92.4 cm³/mol. The van der Waals surface area contributed by atoms with Gasteiger partial charge in [-0.05, 0) is 37.6 Å². The second kappa shape index (κ2) is 9.72. The molecule has 0 aromatic heterocycles. The number of benzene rings is 1. The highest BCUT2D eigenvalue weighted by Gasteiger charge is 2.14. The van der Waals surface area contributed by atoms with Crippen LogP contribution in [0.2, 0.25) is 5.02 Å². The molecular formula is C16H22Cl2N2O2. The van der Waals surface area contributed by atoms with Gasteiger partial charge in [0.15, 0.2) is 0 Å². The molecule has 2 rings (SSSR count). The van der Waals surface area contributed by atoms with Gasteiger partial charge in [-0.2, -0.15) is 0 Å². The van der Waals surface area contributed by atoms with Crippen LogP contribution < -0.4 is 15.4 Å². The molecule has 0 fully saturated rings. The molecule has 0 atom stereocenters. The molecule has 1 heterocycles. The molecule has 122 valence electrons. The first-order valence-electron chi connectivity index (χ1n) is 7.30. The van der Waals surface area contributed by atoms with Gasteiger partial charge in [0.05, 0.1) is 12.2 Å². The van der Waals surface area contributed by atoms with Gasteiger partial charge in [0, 0.05) is 18.1 Å². The average Bonchev–Trinajstić information content (AvgIpc) is 2.52. The van der Waals surface area contributed by atoms with Crippen LogP contribution in [0.3, 0.4) is 0 Å². The smallest absolute Gasteiger partial charge is 0.255 e. The van der Waals surface area contributed by atoms with E-state index in [1.54, 1.807) is 18.2 Å². The Labute approximate surface area is 142 Å². The van der Waals surface area contributed by atoms with Gasteiger partial charge in [0.25, 0.3) is 5.91 Å². The van der Waals surface area contributed by atoms with Crippen molar-refractivity contribution in [2.75, 3.05) is 26.2 Å².